The highest BCUT2D eigenvalue weighted by Gasteiger charge is 2.12. The van der Waals surface area contributed by atoms with Gasteiger partial charge in [0.2, 0.25) is 5.78 Å². The Morgan fingerprint density at radius 1 is 1.06 bits per heavy atom. The summed E-state index contributed by atoms with van der Waals surface area (Å²) >= 11 is 1.54. The van der Waals surface area contributed by atoms with Crippen LogP contribution in [0.25, 0.3) is 27.6 Å². The predicted octanol–water partition coefficient (Wildman–Crippen LogP) is 3.20. The highest BCUT2D eigenvalue weighted by atomic mass is 32.1. The molecule has 0 saturated carbocycles. The molecule has 17 heavy (non-hydrogen) atoms. The molecule has 4 rings (SSSR count). The summed E-state index contributed by atoms with van der Waals surface area (Å²) in [6.07, 6.45) is 1.65. The lowest BCUT2D eigenvalue weighted by atomic mass is 10.3. The summed E-state index contributed by atoms with van der Waals surface area (Å²) in [6, 6.07) is 11.8. The minimum atomic E-state index is 0.725. The number of benzene rings is 1. The quantitative estimate of drug-likeness (QED) is 0.514. The van der Waals surface area contributed by atoms with Crippen molar-refractivity contribution < 1.29 is 4.42 Å². The molecule has 0 amide bonds. The lowest BCUT2D eigenvalue weighted by molar-refractivity contribution is 0.582. The molecule has 4 nitrogen and oxygen atoms in total. The molecule has 1 aromatic carbocycles. The zero-order chi connectivity index (χ0) is 11.2. The van der Waals surface area contributed by atoms with Gasteiger partial charge in [-0.25, -0.2) is 8.77 Å². The van der Waals surface area contributed by atoms with Crippen molar-refractivity contribution in [2.24, 2.45) is 0 Å². The van der Waals surface area contributed by atoms with E-state index in [1.807, 2.05) is 40.2 Å². The maximum Gasteiger partial charge on any atom is 0.246 e. The Hall–Kier alpha value is -2.14. The molecule has 3 heterocycles. The van der Waals surface area contributed by atoms with Gasteiger partial charge in [-0.2, -0.15) is 4.98 Å². The summed E-state index contributed by atoms with van der Waals surface area (Å²) in [5, 5.41) is 0.850. The van der Waals surface area contributed by atoms with Crippen LogP contribution in [0.15, 0.2) is 47.1 Å². The SMILES string of the molecule is c1coc(-c2nc3nc4ccccc4n3s2)c1. The molecule has 3 aromatic heterocycles. The maximum atomic E-state index is 5.34. The van der Waals surface area contributed by atoms with E-state index in [9.17, 15) is 0 Å². The highest BCUT2D eigenvalue weighted by molar-refractivity contribution is 7.10. The summed E-state index contributed by atoms with van der Waals surface area (Å²) in [5.41, 5.74) is 2.05. The molecule has 0 atom stereocenters. The first-order valence-electron chi connectivity index (χ1n) is 5.20. The van der Waals surface area contributed by atoms with Crippen molar-refractivity contribution >= 4 is 28.3 Å². The lowest BCUT2D eigenvalue weighted by Crippen LogP contribution is -1.72. The second-order valence-corrected chi connectivity index (χ2v) is 4.61. The average molecular weight is 241 g/mol. The van der Waals surface area contributed by atoms with Crippen LogP contribution in [0, 0.1) is 0 Å². The van der Waals surface area contributed by atoms with E-state index >= 15 is 0 Å². The lowest BCUT2D eigenvalue weighted by Gasteiger charge is -1.88. The van der Waals surface area contributed by atoms with Crippen LogP contribution in [-0.2, 0) is 0 Å². The van der Waals surface area contributed by atoms with E-state index in [0.29, 0.717) is 0 Å². The fourth-order valence-corrected chi connectivity index (χ4v) is 2.77. The van der Waals surface area contributed by atoms with Crippen LogP contribution in [-0.4, -0.2) is 13.8 Å². The first kappa shape index (κ1) is 8.95. The molecule has 0 fully saturated rings. The average Bonchev–Trinajstić information content (AvgIpc) is 3.03. The Morgan fingerprint density at radius 2 is 2.00 bits per heavy atom. The Bertz CT molecular complexity index is 798. The predicted molar refractivity (Wildman–Crippen MR) is 66.1 cm³/mol. The summed E-state index contributed by atoms with van der Waals surface area (Å²) in [4.78, 5) is 8.94. The molecule has 4 aromatic rings. The van der Waals surface area contributed by atoms with Crippen LogP contribution < -0.4 is 0 Å². The van der Waals surface area contributed by atoms with Gasteiger partial charge < -0.3 is 4.42 Å². The van der Waals surface area contributed by atoms with Gasteiger partial charge >= 0.3 is 0 Å². The number of hydrogen-bond acceptors (Lipinski definition) is 4. The van der Waals surface area contributed by atoms with Crippen molar-refractivity contribution in [2.45, 2.75) is 0 Å². The third-order valence-corrected chi connectivity index (χ3v) is 3.62. The van der Waals surface area contributed by atoms with E-state index in [2.05, 4.69) is 9.97 Å². The second kappa shape index (κ2) is 3.18. The maximum absolute atomic E-state index is 5.34. The third kappa shape index (κ3) is 1.23. The molecule has 82 valence electrons. The molecule has 0 aliphatic heterocycles. The van der Waals surface area contributed by atoms with Gasteiger partial charge in [0, 0.05) is 0 Å². The monoisotopic (exact) mass is 241 g/mol. The van der Waals surface area contributed by atoms with Crippen LogP contribution in [0.5, 0.6) is 0 Å². The zero-order valence-corrected chi connectivity index (χ0v) is 9.52. The molecule has 0 aliphatic rings. The van der Waals surface area contributed by atoms with Crippen LogP contribution in [0.3, 0.4) is 0 Å². The van der Waals surface area contributed by atoms with Crippen LogP contribution >= 0.6 is 11.5 Å². The fraction of sp³-hybridized carbons (Fsp3) is 0. The smallest absolute Gasteiger partial charge is 0.246 e. The van der Waals surface area contributed by atoms with Gasteiger partial charge in [0.25, 0.3) is 0 Å². The van der Waals surface area contributed by atoms with Crippen LogP contribution in [0.2, 0.25) is 0 Å². The van der Waals surface area contributed by atoms with E-state index in [1.54, 1.807) is 17.8 Å². The molecule has 0 radical (unpaired) electrons. The molecule has 0 spiro atoms. The van der Waals surface area contributed by atoms with Crippen molar-refractivity contribution in [1.82, 2.24) is 13.8 Å². The molecular weight excluding hydrogens is 234 g/mol. The number of hydrogen-bond donors (Lipinski definition) is 0. The Morgan fingerprint density at radius 3 is 2.88 bits per heavy atom. The fourth-order valence-electron chi connectivity index (χ4n) is 1.85. The second-order valence-electron chi connectivity index (χ2n) is 3.68. The van der Waals surface area contributed by atoms with Crippen molar-refractivity contribution in [3.63, 3.8) is 0 Å². The normalized spacial score (nSPS) is 11.5. The van der Waals surface area contributed by atoms with Crippen molar-refractivity contribution in [2.75, 3.05) is 0 Å². The number of imidazole rings is 1. The molecule has 0 bridgehead atoms. The van der Waals surface area contributed by atoms with Crippen LogP contribution in [0.4, 0.5) is 0 Å². The van der Waals surface area contributed by atoms with E-state index in [4.69, 9.17) is 4.42 Å². The standard InChI is InChI=1S/C12H7N3OS/c1-2-5-9-8(4-1)13-12-14-11(17-15(9)12)10-6-3-7-16-10/h1-7H. The Labute approximate surface area is 100 Å². The van der Waals surface area contributed by atoms with Gasteiger partial charge in [0.05, 0.1) is 17.3 Å². The minimum Gasteiger partial charge on any atom is -0.462 e. The number of aromatic nitrogens is 3. The molecule has 0 N–H and O–H groups in total. The summed E-state index contributed by atoms with van der Waals surface area (Å²) in [7, 11) is 0. The first-order chi connectivity index (χ1) is 8.42. The van der Waals surface area contributed by atoms with Gasteiger partial charge in [0.1, 0.15) is 0 Å². The van der Waals surface area contributed by atoms with Crippen LogP contribution in [0.1, 0.15) is 0 Å². The number of nitrogens with zero attached hydrogens (tertiary/aromatic N) is 3. The molecule has 0 aliphatic carbocycles. The van der Waals surface area contributed by atoms with E-state index in [0.717, 1.165) is 27.6 Å². The number of fused-ring (bicyclic) bond motifs is 3. The molecule has 5 heteroatoms. The topological polar surface area (TPSA) is 43.3 Å². The van der Waals surface area contributed by atoms with Gasteiger partial charge in [-0.3, -0.25) is 0 Å². The van der Waals surface area contributed by atoms with Crippen molar-refractivity contribution in [1.29, 1.82) is 0 Å². The summed E-state index contributed by atoms with van der Waals surface area (Å²) in [5.74, 6) is 1.51. The third-order valence-electron chi connectivity index (χ3n) is 2.61. The summed E-state index contributed by atoms with van der Waals surface area (Å²) < 4.78 is 7.36. The van der Waals surface area contributed by atoms with Gasteiger partial charge in [0.15, 0.2) is 10.8 Å². The molecular formula is C12H7N3OS. The van der Waals surface area contributed by atoms with Crippen molar-refractivity contribution in [3.05, 3.63) is 42.7 Å². The Kier molecular flexibility index (Phi) is 1.67. The summed E-state index contributed by atoms with van der Waals surface area (Å²) in [6.45, 7) is 0. The van der Waals surface area contributed by atoms with Gasteiger partial charge in [-0.15, -0.1) is 0 Å². The minimum absolute atomic E-state index is 0.725. The first-order valence-corrected chi connectivity index (χ1v) is 5.97. The van der Waals surface area contributed by atoms with Gasteiger partial charge in [-0.05, 0) is 35.8 Å². The molecule has 0 unspecified atom stereocenters. The number of rotatable bonds is 1. The van der Waals surface area contributed by atoms with E-state index in [1.165, 1.54) is 0 Å². The number of furan rings is 1. The Balaban J connectivity index is 2.05. The number of para-hydroxylation sites is 2. The zero-order valence-electron chi connectivity index (χ0n) is 8.70. The van der Waals surface area contributed by atoms with E-state index in [-0.39, 0.29) is 0 Å². The highest BCUT2D eigenvalue weighted by Crippen LogP contribution is 2.27. The largest absolute Gasteiger partial charge is 0.462 e. The van der Waals surface area contributed by atoms with Gasteiger partial charge in [-0.1, -0.05) is 12.1 Å². The van der Waals surface area contributed by atoms with E-state index < -0.39 is 0 Å². The molecule has 0 saturated heterocycles. The van der Waals surface area contributed by atoms with Crippen molar-refractivity contribution in [3.8, 4) is 10.8 Å².